The number of benzene rings is 1. The lowest BCUT2D eigenvalue weighted by atomic mass is 10.1. The maximum absolute atomic E-state index is 14.6. The number of hydrogen-bond donors (Lipinski definition) is 2. The fourth-order valence-corrected chi connectivity index (χ4v) is 3.29. The summed E-state index contributed by atoms with van der Waals surface area (Å²) in [5.74, 6) is -0.993. The maximum atomic E-state index is 14.6. The van der Waals surface area contributed by atoms with Gasteiger partial charge >= 0.3 is 5.97 Å². The number of carbonyl (C=O) groups is 1. The molecular weight excluding hydrogens is 467 g/mol. The average Bonchev–Trinajstić information content (AvgIpc) is 3.38. The number of aromatic nitrogens is 7. The number of aliphatic carboxylic acids is 1. The molecule has 0 aliphatic rings. The molecule has 0 spiro atoms. The van der Waals surface area contributed by atoms with Gasteiger partial charge in [0, 0.05) is 36.6 Å². The summed E-state index contributed by atoms with van der Waals surface area (Å²) in [4.78, 5) is 16.1. The van der Waals surface area contributed by atoms with Gasteiger partial charge in [-0.25, -0.2) is 9.37 Å². The van der Waals surface area contributed by atoms with E-state index in [4.69, 9.17) is 15.6 Å². The Kier molecular flexibility index (Phi) is 7.54. The molecule has 0 bridgehead atoms. The van der Waals surface area contributed by atoms with Crippen LogP contribution in [0.1, 0.15) is 12.0 Å². The molecule has 4 aromatic rings. The maximum Gasteiger partial charge on any atom is 0.304 e. The molecule has 0 fully saturated rings. The van der Waals surface area contributed by atoms with Gasteiger partial charge in [0.05, 0.1) is 18.7 Å². The molecular formula is C21H22ClFN8O3. The van der Waals surface area contributed by atoms with Crippen LogP contribution >= 0.6 is 12.4 Å². The molecule has 0 aliphatic carbocycles. The van der Waals surface area contributed by atoms with Crippen LogP contribution < -0.4 is 10.5 Å². The summed E-state index contributed by atoms with van der Waals surface area (Å²) in [6.45, 7) is 1.95. The second-order valence-corrected chi connectivity index (χ2v) is 7.46. The predicted octanol–water partition coefficient (Wildman–Crippen LogP) is 2.60. The van der Waals surface area contributed by atoms with Crippen molar-refractivity contribution in [2.24, 2.45) is 12.8 Å². The molecule has 34 heavy (non-hydrogen) atoms. The Bertz CT molecular complexity index is 1310. The molecule has 4 rings (SSSR count). The number of rotatable bonds is 8. The molecule has 0 saturated heterocycles. The van der Waals surface area contributed by atoms with Gasteiger partial charge in [0.1, 0.15) is 5.75 Å². The first-order valence-corrected chi connectivity index (χ1v) is 9.98. The van der Waals surface area contributed by atoms with Gasteiger partial charge in [0.15, 0.2) is 5.82 Å². The summed E-state index contributed by atoms with van der Waals surface area (Å²) in [5.41, 5.74) is 8.55. The van der Waals surface area contributed by atoms with Gasteiger partial charge in [-0.15, -0.1) is 22.6 Å². The first-order chi connectivity index (χ1) is 15.8. The summed E-state index contributed by atoms with van der Waals surface area (Å²) < 4.78 is 21.9. The normalized spacial score (nSPS) is 11.6. The zero-order chi connectivity index (χ0) is 23.5. The van der Waals surface area contributed by atoms with Crippen LogP contribution in [0, 0.1) is 12.7 Å². The highest BCUT2D eigenvalue weighted by molar-refractivity contribution is 5.85. The molecule has 0 saturated carbocycles. The van der Waals surface area contributed by atoms with Crippen molar-refractivity contribution in [3.8, 4) is 34.3 Å². The summed E-state index contributed by atoms with van der Waals surface area (Å²) in [6, 6.07) is 7.57. The minimum atomic E-state index is -0.994. The number of carboxylic acids is 1. The van der Waals surface area contributed by atoms with Gasteiger partial charge in [-0.1, -0.05) is 0 Å². The Morgan fingerprint density at radius 1 is 1.29 bits per heavy atom. The number of pyridine rings is 1. The molecule has 1 atom stereocenters. The Labute approximate surface area is 199 Å². The minimum absolute atomic E-state index is 0. The van der Waals surface area contributed by atoms with E-state index in [1.807, 2.05) is 6.92 Å². The topological polar surface area (TPSA) is 147 Å². The SMILES string of the molecule is Cc1cc(Oc2ncc(-c3ccnn3C)cc2F)ccc1-c1nnn(CC(N)CC(=O)O)n1.Cl. The Morgan fingerprint density at radius 3 is 2.74 bits per heavy atom. The third kappa shape index (κ3) is 5.53. The van der Waals surface area contributed by atoms with Crippen LogP contribution in [0.4, 0.5) is 4.39 Å². The van der Waals surface area contributed by atoms with E-state index >= 15 is 0 Å². The number of carboxylic acid groups (broad SMARTS) is 1. The highest BCUT2D eigenvalue weighted by Crippen LogP contribution is 2.29. The van der Waals surface area contributed by atoms with Crippen LogP contribution in [0.3, 0.4) is 0 Å². The van der Waals surface area contributed by atoms with E-state index in [0.29, 0.717) is 22.7 Å². The first-order valence-electron chi connectivity index (χ1n) is 9.98. The minimum Gasteiger partial charge on any atom is -0.481 e. The van der Waals surface area contributed by atoms with Crippen LogP contribution in [-0.4, -0.2) is 52.1 Å². The van der Waals surface area contributed by atoms with Crippen molar-refractivity contribution in [1.29, 1.82) is 0 Å². The van der Waals surface area contributed by atoms with E-state index in [0.717, 1.165) is 11.3 Å². The van der Waals surface area contributed by atoms with E-state index in [2.05, 4.69) is 25.5 Å². The Hall–Kier alpha value is -3.90. The van der Waals surface area contributed by atoms with Crippen LogP contribution in [0.25, 0.3) is 22.6 Å². The molecule has 0 amide bonds. The third-order valence-corrected chi connectivity index (χ3v) is 4.86. The molecule has 3 N–H and O–H groups in total. The van der Waals surface area contributed by atoms with Crippen LogP contribution in [-0.2, 0) is 18.4 Å². The third-order valence-electron chi connectivity index (χ3n) is 4.86. The van der Waals surface area contributed by atoms with E-state index in [1.165, 1.54) is 17.1 Å². The smallest absolute Gasteiger partial charge is 0.304 e. The van der Waals surface area contributed by atoms with Crippen molar-refractivity contribution in [3.63, 3.8) is 0 Å². The Balaban J connectivity index is 0.00000324. The van der Waals surface area contributed by atoms with Crippen molar-refractivity contribution in [2.75, 3.05) is 0 Å². The van der Waals surface area contributed by atoms with E-state index in [9.17, 15) is 9.18 Å². The molecule has 0 radical (unpaired) electrons. The van der Waals surface area contributed by atoms with Gasteiger partial charge in [-0.3, -0.25) is 9.48 Å². The molecule has 178 valence electrons. The molecule has 3 aromatic heterocycles. The largest absolute Gasteiger partial charge is 0.481 e. The van der Waals surface area contributed by atoms with Gasteiger partial charge in [-0.05, 0) is 48.0 Å². The van der Waals surface area contributed by atoms with Crippen molar-refractivity contribution < 1.29 is 19.0 Å². The van der Waals surface area contributed by atoms with Crippen LogP contribution in [0.15, 0.2) is 42.7 Å². The highest BCUT2D eigenvalue weighted by atomic mass is 35.5. The molecule has 0 aliphatic heterocycles. The standard InChI is InChI=1S/C21H21FN8O3.ClH/c1-12-7-15(33-21-17(22)8-13(10-24-21)18-5-6-25-29(18)2)3-4-16(12)20-26-28-30(27-20)11-14(23)9-19(31)32;/h3-8,10,14H,9,11,23H2,1-2H3,(H,31,32);1H. The number of tetrazole rings is 1. The van der Waals surface area contributed by atoms with Gasteiger partial charge in [-0.2, -0.15) is 9.90 Å². The summed E-state index contributed by atoms with van der Waals surface area (Å²) in [5, 5.41) is 25.1. The highest BCUT2D eigenvalue weighted by Gasteiger charge is 2.15. The second-order valence-electron chi connectivity index (χ2n) is 7.46. The number of aryl methyl sites for hydroxylation is 2. The van der Waals surface area contributed by atoms with E-state index in [1.54, 1.807) is 42.2 Å². The predicted molar refractivity (Wildman–Crippen MR) is 122 cm³/mol. The Morgan fingerprint density at radius 2 is 2.09 bits per heavy atom. The molecule has 3 heterocycles. The molecule has 13 heteroatoms. The van der Waals surface area contributed by atoms with Crippen LogP contribution in [0.2, 0.25) is 0 Å². The van der Waals surface area contributed by atoms with Crippen LogP contribution in [0.5, 0.6) is 11.6 Å². The summed E-state index contributed by atoms with van der Waals surface area (Å²) in [7, 11) is 1.76. The zero-order valence-electron chi connectivity index (χ0n) is 18.3. The number of nitrogens with zero attached hydrogens (tertiary/aromatic N) is 7. The van der Waals surface area contributed by atoms with Crippen molar-refractivity contribution in [3.05, 3.63) is 54.1 Å². The van der Waals surface area contributed by atoms with Gasteiger partial charge in [0.25, 0.3) is 5.88 Å². The average molecular weight is 489 g/mol. The second kappa shape index (κ2) is 10.4. The van der Waals surface area contributed by atoms with Crippen molar-refractivity contribution in [1.82, 2.24) is 35.0 Å². The lowest BCUT2D eigenvalue weighted by Gasteiger charge is -2.09. The number of hydrogen-bond acceptors (Lipinski definition) is 8. The first kappa shape index (κ1) is 24.7. The molecule has 1 aromatic carbocycles. The van der Waals surface area contributed by atoms with E-state index in [-0.39, 0.29) is 31.3 Å². The quantitative estimate of drug-likeness (QED) is 0.382. The van der Waals surface area contributed by atoms with E-state index < -0.39 is 17.8 Å². The van der Waals surface area contributed by atoms with Crippen molar-refractivity contribution >= 4 is 18.4 Å². The summed E-state index contributed by atoms with van der Waals surface area (Å²) in [6.07, 6.45) is 2.95. The molecule has 11 nitrogen and oxygen atoms in total. The number of halogens is 2. The van der Waals surface area contributed by atoms with Crippen molar-refractivity contribution in [2.45, 2.75) is 25.9 Å². The number of ether oxygens (including phenoxy) is 1. The van der Waals surface area contributed by atoms with Gasteiger partial charge < -0.3 is 15.6 Å². The summed E-state index contributed by atoms with van der Waals surface area (Å²) >= 11 is 0. The van der Waals surface area contributed by atoms with Gasteiger partial charge in [0.2, 0.25) is 5.82 Å². The molecule has 1 unspecified atom stereocenters. The fraction of sp³-hybridized carbons (Fsp3) is 0.238. The lowest BCUT2D eigenvalue weighted by molar-refractivity contribution is -0.137. The lowest BCUT2D eigenvalue weighted by Crippen LogP contribution is -2.30. The number of nitrogens with two attached hydrogens (primary N) is 1. The zero-order valence-corrected chi connectivity index (χ0v) is 19.1. The fourth-order valence-electron chi connectivity index (χ4n) is 3.29. The monoisotopic (exact) mass is 488 g/mol.